The van der Waals surface area contributed by atoms with Crippen molar-refractivity contribution in [2.75, 3.05) is 44.2 Å². The van der Waals surface area contributed by atoms with Gasteiger partial charge in [-0.3, -0.25) is 9.69 Å². The van der Waals surface area contributed by atoms with Crippen LogP contribution in [0.2, 0.25) is 0 Å². The summed E-state index contributed by atoms with van der Waals surface area (Å²) in [5.41, 5.74) is -0.749. The van der Waals surface area contributed by atoms with E-state index in [0.29, 0.717) is 19.4 Å². The zero-order chi connectivity index (χ0) is 15.1. The van der Waals surface area contributed by atoms with E-state index < -0.39 is 11.4 Å². The first-order valence-corrected chi connectivity index (χ1v) is 8.83. The number of nitrogens with one attached hydrogen (secondary N) is 2. The Morgan fingerprint density at radius 3 is 2.43 bits per heavy atom. The van der Waals surface area contributed by atoms with Gasteiger partial charge in [-0.05, 0) is 12.8 Å². The molecular weight excluding hydrogens is 290 g/mol. The summed E-state index contributed by atoms with van der Waals surface area (Å²) in [5.74, 6) is 1.53. The Hall–Kier alpha value is -0.950. The van der Waals surface area contributed by atoms with Crippen LogP contribution in [0.3, 0.4) is 0 Å². The third-order valence-corrected chi connectivity index (χ3v) is 5.36. The SMILES string of the molecule is O=C(NCCN1CCSCC1)NCC1(C(=O)O)CCCC1. The molecule has 0 bridgehead atoms. The second-order valence-corrected chi connectivity index (χ2v) is 7.08. The Bertz CT molecular complexity index is 366. The lowest BCUT2D eigenvalue weighted by Gasteiger charge is -2.26. The van der Waals surface area contributed by atoms with Gasteiger partial charge in [-0.25, -0.2) is 4.79 Å². The Balaban J connectivity index is 1.63. The lowest BCUT2D eigenvalue weighted by Crippen LogP contribution is -2.47. The number of hydrogen-bond acceptors (Lipinski definition) is 4. The van der Waals surface area contributed by atoms with Crippen LogP contribution in [0.4, 0.5) is 4.79 Å². The number of rotatable bonds is 6. The first kappa shape index (κ1) is 16.4. The van der Waals surface area contributed by atoms with E-state index in [9.17, 15) is 14.7 Å². The fraction of sp³-hybridized carbons (Fsp3) is 0.857. The van der Waals surface area contributed by atoms with Crippen molar-refractivity contribution in [1.29, 1.82) is 0 Å². The van der Waals surface area contributed by atoms with Crippen LogP contribution >= 0.6 is 11.8 Å². The molecule has 21 heavy (non-hydrogen) atoms. The van der Waals surface area contributed by atoms with Crippen molar-refractivity contribution >= 4 is 23.8 Å². The van der Waals surface area contributed by atoms with Crippen molar-refractivity contribution in [2.24, 2.45) is 5.41 Å². The Morgan fingerprint density at radius 1 is 1.14 bits per heavy atom. The van der Waals surface area contributed by atoms with Gasteiger partial charge < -0.3 is 15.7 Å². The summed E-state index contributed by atoms with van der Waals surface area (Å²) < 4.78 is 0. The smallest absolute Gasteiger partial charge is 0.314 e. The zero-order valence-electron chi connectivity index (χ0n) is 12.4. The van der Waals surface area contributed by atoms with Crippen molar-refractivity contribution in [3.63, 3.8) is 0 Å². The number of thioether (sulfide) groups is 1. The number of aliphatic carboxylic acids is 1. The highest BCUT2D eigenvalue weighted by Gasteiger charge is 2.41. The minimum atomic E-state index is -0.786. The average Bonchev–Trinajstić information content (AvgIpc) is 2.96. The van der Waals surface area contributed by atoms with Gasteiger partial charge in [-0.15, -0.1) is 0 Å². The molecule has 2 rings (SSSR count). The minimum Gasteiger partial charge on any atom is -0.481 e. The number of carbonyl (C=O) groups is 2. The highest BCUT2D eigenvalue weighted by molar-refractivity contribution is 7.99. The zero-order valence-corrected chi connectivity index (χ0v) is 13.2. The first-order valence-electron chi connectivity index (χ1n) is 7.68. The molecule has 1 heterocycles. The number of amides is 2. The quantitative estimate of drug-likeness (QED) is 0.681. The topological polar surface area (TPSA) is 81.7 Å². The third-order valence-electron chi connectivity index (χ3n) is 4.42. The molecule has 0 radical (unpaired) electrons. The molecule has 1 saturated carbocycles. The van der Waals surface area contributed by atoms with E-state index in [2.05, 4.69) is 15.5 Å². The van der Waals surface area contributed by atoms with Crippen LogP contribution in [0, 0.1) is 5.41 Å². The summed E-state index contributed by atoms with van der Waals surface area (Å²) in [7, 11) is 0. The molecule has 0 atom stereocenters. The van der Waals surface area contributed by atoms with E-state index in [1.807, 2.05) is 11.8 Å². The molecule has 1 saturated heterocycles. The largest absolute Gasteiger partial charge is 0.481 e. The monoisotopic (exact) mass is 315 g/mol. The predicted octanol–water partition coefficient (Wildman–Crippen LogP) is 0.979. The van der Waals surface area contributed by atoms with Gasteiger partial charge in [0.1, 0.15) is 0 Å². The van der Waals surface area contributed by atoms with E-state index in [4.69, 9.17) is 0 Å². The van der Waals surface area contributed by atoms with E-state index in [1.165, 1.54) is 0 Å². The highest BCUT2D eigenvalue weighted by atomic mass is 32.2. The fourth-order valence-corrected chi connectivity index (χ4v) is 3.96. The molecule has 2 aliphatic rings. The maximum Gasteiger partial charge on any atom is 0.314 e. The third kappa shape index (κ3) is 4.78. The van der Waals surface area contributed by atoms with Crippen LogP contribution in [0.25, 0.3) is 0 Å². The number of carboxylic acids is 1. The number of carboxylic acid groups (broad SMARTS) is 1. The van der Waals surface area contributed by atoms with Crippen LogP contribution < -0.4 is 10.6 Å². The molecule has 1 aliphatic heterocycles. The van der Waals surface area contributed by atoms with Gasteiger partial charge in [0.15, 0.2) is 0 Å². The molecular formula is C14H25N3O3S. The van der Waals surface area contributed by atoms with Gasteiger partial charge in [-0.1, -0.05) is 12.8 Å². The summed E-state index contributed by atoms with van der Waals surface area (Å²) in [6, 6.07) is -0.256. The highest BCUT2D eigenvalue weighted by Crippen LogP contribution is 2.37. The van der Waals surface area contributed by atoms with Crippen LogP contribution in [0.5, 0.6) is 0 Å². The van der Waals surface area contributed by atoms with Crippen LogP contribution in [0.1, 0.15) is 25.7 Å². The number of hydrogen-bond donors (Lipinski definition) is 3. The van der Waals surface area contributed by atoms with Crippen molar-refractivity contribution < 1.29 is 14.7 Å². The summed E-state index contributed by atoms with van der Waals surface area (Å²) in [5, 5.41) is 14.9. The van der Waals surface area contributed by atoms with Gasteiger partial charge in [-0.2, -0.15) is 11.8 Å². The van der Waals surface area contributed by atoms with Crippen molar-refractivity contribution in [3.05, 3.63) is 0 Å². The molecule has 0 aromatic heterocycles. The molecule has 2 fully saturated rings. The number of nitrogens with zero attached hydrogens (tertiary/aromatic N) is 1. The molecule has 7 heteroatoms. The molecule has 0 unspecified atom stereocenters. The number of urea groups is 1. The average molecular weight is 315 g/mol. The van der Waals surface area contributed by atoms with Crippen molar-refractivity contribution in [3.8, 4) is 0 Å². The van der Waals surface area contributed by atoms with E-state index >= 15 is 0 Å². The second-order valence-electron chi connectivity index (χ2n) is 5.86. The second kappa shape index (κ2) is 7.89. The van der Waals surface area contributed by atoms with Gasteiger partial charge in [0.2, 0.25) is 0 Å². The molecule has 120 valence electrons. The van der Waals surface area contributed by atoms with Crippen molar-refractivity contribution in [2.45, 2.75) is 25.7 Å². The van der Waals surface area contributed by atoms with E-state index in [-0.39, 0.29) is 12.6 Å². The molecule has 0 spiro atoms. The lowest BCUT2D eigenvalue weighted by molar-refractivity contribution is -0.148. The van der Waals surface area contributed by atoms with E-state index in [0.717, 1.165) is 44.0 Å². The van der Waals surface area contributed by atoms with Crippen LogP contribution in [-0.4, -0.2) is 66.2 Å². The molecule has 0 aromatic rings. The maximum atomic E-state index is 11.8. The van der Waals surface area contributed by atoms with Gasteiger partial charge >= 0.3 is 12.0 Å². The molecule has 1 aliphatic carbocycles. The summed E-state index contributed by atoms with van der Waals surface area (Å²) in [4.78, 5) is 25.5. The summed E-state index contributed by atoms with van der Waals surface area (Å²) in [6.45, 7) is 3.86. The summed E-state index contributed by atoms with van der Waals surface area (Å²) >= 11 is 1.97. The van der Waals surface area contributed by atoms with Gasteiger partial charge in [0.25, 0.3) is 0 Å². The molecule has 0 aromatic carbocycles. The fourth-order valence-electron chi connectivity index (χ4n) is 2.98. The van der Waals surface area contributed by atoms with E-state index in [1.54, 1.807) is 0 Å². The molecule has 6 nitrogen and oxygen atoms in total. The standard InChI is InChI=1S/C14H25N3O3S/c18-12(19)14(3-1-2-4-14)11-16-13(20)15-5-6-17-7-9-21-10-8-17/h1-11H2,(H,18,19)(H2,15,16,20). The van der Waals surface area contributed by atoms with Gasteiger partial charge in [0.05, 0.1) is 5.41 Å². The minimum absolute atomic E-state index is 0.231. The predicted molar refractivity (Wildman–Crippen MR) is 83.7 cm³/mol. The molecule has 3 N–H and O–H groups in total. The maximum absolute atomic E-state index is 11.8. The number of carbonyl (C=O) groups excluding carboxylic acids is 1. The van der Waals surface area contributed by atoms with Crippen LogP contribution in [0.15, 0.2) is 0 Å². The van der Waals surface area contributed by atoms with Gasteiger partial charge in [0, 0.05) is 44.2 Å². The first-order chi connectivity index (χ1) is 10.1. The Morgan fingerprint density at radius 2 is 1.81 bits per heavy atom. The summed E-state index contributed by atoms with van der Waals surface area (Å²) in [6.07, 6.45) is 3.19. The molecule has 2 amide bonds. The Kier molecular flexibility index (Phi) is 6.17. The van der Waals surface area contributed by atoms with Crippen molar-refractivity contribution in [1.82, 2.24) is 15.5 Å². The lowest BCUT2D eigenvalue weighted by atomic mass is 9.86. The Labute approximate surface area is 130 Å². The van der Waals surface area contributed by atoms with Crippen LogP contribution in [-0.2, 0) is 4.79 Å². The normalized spacial score (nSPS) is 21.9.